The standard InChI is InChI=1S/2C10H15N.C6BF5O2/c2*1-3-11(4-2)10-8-6-5-7-9-10;8-2-1(7(13)14)3(9)5(11)6(12)4(2)10/h2*5-9H,3-4H2,1-2H3;/q;;-2/p+2. The van der Waals surface area contributed by atoms with Crippen LogP contribution in [0.2, 0.25) is 0 Å². The minimum absolute atomic E-state index is 1.17. The van der Waals surface area contributed by atoms with Gasteiger partial charge in [-0.3, -0.25) is 0 Å². The fourth-order valence-corrected chi connectivity index (χ4v) is 3.49. The van der Waals surface area contributed by atoms with Gasteiger partial charge < -0.3 is 19.8 Å². The van der Waals surface area contributed by atoms with Gasteiger partial charge in [0, 0.05) is 0 Å². The van der Waals surface area contributed by atoms with Gasteiger partial charge in [0.25, 0.3) is 0 Å². The van der Waals surface area contributed by atoms with E-state index in [-0.39, 0.29) is 0 Å². The van der Waals surface area contributed by atoms with Crippen LogP contribution in [0.3, 0.4) is 0 Å². The highest BCUT2D eigenvalue weighted by molar-refractivity contribution is 6.55. The van der Waals surface area contributed by atoms with E-state index in [1.54, 1.807) is 9.80 Å². The highest BCUT2D eigenvalue weighted by Gasteiger charge is 2.23. The zero-order chi connectivity index (χ0) is 27.3. The van der Waals surface area contributed by atoms with Crippen LogP contribution in [0.4, 0.5) is 33.3 Å². The van der Waals surface area contributed by atoms with E-state index >= 15 is 0 Å². The Morgan fingerprint density at radius 1 is 0.528 bits per heavy atom. The molecular weight excluding hydrogens is 478 g/mol. The van der Waals surface area contributed by atoms with Gasteiger partial charge in [0.2, 0.25) is 0 Å². The van der Waals surface area contributed by atoms with Crippen LogP contribution in [0, 0.1) is 29.1 Å². The molecule has 0 aliphatic heterocycles. The summed E-state index contributed by atoms with van der Waals surface area (Å²) in [6.07, 6.45) is 0. The normalized spacial score (nSPS) is 10.5. The molecule has 196 valence electrons. The molecule has 10 heteroatoms. The average molecular weight is 510 g/mol. The summed E-state index contributed by atoms with van der Waals surface area (Å²) in [5.41, 5.74) is 0.913. The Balaban J connectivity index is 0.000000273. The second-order valence-electron chi connectivity index (χ2n) is 7.67. The molecule has 3 aromatic carbocycles. The topological polar surface area (TPSA) is 55.0 Å². The van der Waals surface area contributed by atoms with Crippen molar-refractivity contribution < 1.29 is 41.8 Å². The van der Waals surface area contributed by atoms with E-state index in [9.17, 15) is 32.0 Å². The summed E-state index contributed by atoms with van der Waals surface area (Å²) in [5, 5.41) is 20.2. The summed E-state index contributed by atoms with van der Waals surface area (Å²) in [4.78, 5) is 3.09. The zero-order valence-corrected chi connectivity index (χ0v) is 20.9. The minimum atomic E-state index is -3.26. The third kappa shape index (κ3) is 8.71. The Morgan fingerprint density at radius 2 is 0.806 bits per heavy atom. The smallest absolute Gasteiger partial charge is 0.200 e. The van der Waals surface area contributed by atoms with E-state index in [0.29, 0.717) is 0 Å². The summed E-state index contributed by atoms with van der Waals surface area (Å²) >= 11 is 0. The second-order valence-corrected chi connectivity index (χ2v) is 7.67. The van der Waals surface area contributed by atoms with Gasteiger partial charge in [-0.15, -0.1) is 0 Å². The van der Waals surface area contributed by atoms with Gasteiger partial charge in [-0.2, -0.15) is 0 Å². The average Bonchev–Trinajstić information content (AvgIpc) is 2.90. The summed E-state index contributed by atoms with van der Waals surface area (Å²) in [6, 6.07) is 21.2. The first kappa shape index (κ1) is 31.2. The lowest BCUT2D eigenvalue weighted by atomic mass is 9.79. The van der Waals surface area contributed by atoms with Crippen LogP contribution in [0.15, 0.2) is 60.7 Å². The van der Waals surface area contributed by atoms with Crippen LogP contribution in [0.25, 0.3) is 0 Å². The van der Waals surface area contributed by atoms with Gasteiger partial charge in [0.05, 0.1) is 26.2 Å². The maximum absolute atomic E-state index is 12.5. The molecule has 0 fully saturated rings. The van der Waals surface area contributed by atoms with Crippen LogP contribution in [0.5, 0.6) is 0 Å². The van der Waals surface area contributed by atoms with E-state index in [0.717, 1.165) is 0 Å². The number of rotatable bonds is 7. The number of nitrogens with one attached hydrogen (secondary N) is 2. The van der Waals surface area contributed by atoms with Crippen LogP contribution in [-0.2, 0) is 0 Å². The first-order chi connectivity index (χ1) is 17.1. The lowest BCUT2D eigenvalue weighted by molar-refractivity contribution is -0.828. The third-order valence-electron chi connectivity index (χ3n) is 5.55. The molecule has 0 saturated carbocycles. The van der Waals surface area contributed by atoms with Crippen molar-refractivity contribution in [2.45, 2.75) is 27.7 Å². The van der Waals surface area contributed by atoms with Gasteiger partial charge in [-0.05, 0) is 57.4 Å². The third-order valence-corrected chi connectivity index (χ3v) is 5.55. The van der Waals surface area contributed by atoms with E-state index in [1.165, 1.54) is 37.6 Å². The van der Waals surface area contributed by atoms with Gasteiger partial charge in [-0.1, -0.05) is 43.5 Å². The van der Waals surface area contributed by atoms with Crippen molar-refractivity contribution in [2.24, 2.45) is 0 Å². The molecule has 0 spiro atoms. The van der Waals surface area contributed by atoms with Crippen molar-refractivity contribution in [3.63, 3.8) is 0 Å². The van der Waals surface area contributed by atoms with E-state index in [1.807, 2.05) is 0 Å². The molecule has 4 nitrogen and oxygen atoms in total. The zero-order valence-electron chi connectivity index (χ0n) is 20.9. The molecule has 0 aromatic heterocycles. The number of hydrogen-bond donors (Lipinski definition) is 2. The predicted molar refractivity (Wildman–Crippen MR) is 128 cm³/mol. The van der Waals surface area contributed by atoms with Crippen LogP contribution < -0.4 is 25.3 Å². The van der Waals surface area contributed by atoms with Crippen LogP contribution >= 0.6 is 0 Å². The number of halogens is 5. The molecule has 0 atom stereocenters. The summed E-state index contributed by atoms with van der Waals surface area (Å²) in [7, 11) is -3.26. The lowest BCUT2D eigenvalue weighted by Gasteiger charge is -2.27. The van der Waals surface area contributed by atoms with E-state index < -0.39 is 41.7 Å². The molecule has 0 saturated heterocycles. The molecule has 0 aliphatic rings. The van der Waals surface area contributed by atoms with E-state index in [4.69, 9.17) is 0 Å². The Morgan fingerprint density at radius 3 is 1.06 bits per heavy atom. The molecule has 3 aromatic rings. The highest BCUT2D eigenvalue weighted by atomic mass is 19.2. The minimum Gasteiger partial charge on any atom is -0.889 e. The Labute approximate surface area is 209 Å². The Hall–Kier alpha value is -2.79. The first-order valence-corrected chi connectivity index (χ1v) is 11.8. The first-order valence-electron chi connectivity index (χ1n) is 11.8. The fraction of sp³-hybridized carbons (Fsp3) is 0.308. The SMILES string of the molecule is CC[NH+](CC)c1ccccc1.CC[NH+](CC)c1ccccc1.[O-]B([O-])c1c(F)c(F)c(F)c(F)c1F. The van der Waals surface area contributed by atoms with Crippen molar-refractivity contribution in [1.82, 2.24) is 0 Å². The molecule has 0 amide bonds. The quantitative estimate of drug-likeness (QED) is 0.218. The number of hydrogen-bond acceptors (Lipinski definition) is 2. The lowest BCUT2D eigenvalue weighted by Crippen LogP contribution is -3.06. The van der Waals surface area contributed by atoms with Crippen molar-refractivity contribution in [3.8, 4) is 0 Å². The molecule has 0 heterocycles. The monoisotopic (exact) mass is 510 g/mol. The van der Waals surface area contributed by atoms with E-state index in [2.05, 4.69) is 88.4 Å². The van der Waals surface area contributed by atoms with Crippen molar-refractivity contribution in [1.29, 1.82) is 0 Å². The van der Waals surface area contributed by atoms with Crippen LogP contribution in [-0.4, -0.2) is 33.3 Å². The summed E-state index contributed by atoms with van der Waals surface area (Å²) in [5.74, 6) is -11.7. The largest absolute Gasteiger partial charge is 0.889 e. The maximum atomic E-state index is 12.5. The Bertz CT molecular complexity index is 959. The van der Waals surface area contributed by atoms with Crippen molar-refractivity contribution in [3.05, 3.63) is 89.7 Å². The van der Waals surface area contributed by atoms with Crippen LogP contribution in [0.1, 0.15) is 27.7 Å². The van der Waals surface area contributed by atoms with Gasteiger partial charge in [0.1, 0.15) is 11.4 Å². The summed E-state index contributed by atoms with van der Waals surface area (Å²) in [6.45, 7) is 13.5. The predicted octanol–water partition coefficient (Wildman–Crippen LogP) is 1.28. The Kier molecular flexibility index (Phi) is 13.9. The maximum Gasteiger partial charge on any atom is 0.200 e. The fourth-order valence-electron chi connectivity index (χ4n) is 3.49. The number of quaternary nitrogens is 2. The highest BCUT2D eigenvalue weighted by Crippen LogP contribution is 2.15. The molecule has 0 unspecified atom stereocenters. The number of benzene rings is 3. The molecule has 0 radical (unpaired) electrons. The molecular formula is C26H32BF5N2O2. The molecule has 3 rings (SSSR count). The molecule has 36 heavy (non-hydrogen) atoms. The number of para-hydroxylation sites is 2. The molecule has 0 bridgehead atoms. The second kappa shape index (κ2) is 16.1. The van der Waals surface area contributed by atoms with Gasteiger partial charge in [0.15, 0.2) is 29.1 Å². The molecule has 2 N–H and O–H groups in total. The summed E-state index contributed by atoms with van der Waals surface area (Å²) < 4.78 is 62.0. The van der Waals surface area contributed by atoms with Crippen molar-refractivity contribution >= 4 is 24.0 Å². The molecule has 0 aliphatic carbocycles. The van der Waals surface area contributed by atoms with Gasteiger partial charge in [-0.25, -0.2) is 22.0 Å². The van der Waals surface area contributed by atoms with Gasteiger partial charge >= 0.3 is 0 Å². The van der Waals surface area contributed by atoms with Crippen molar-refractivity contribution in [2.75, 3.05) is 26.2 Å².